The van der Waals surface area contributed by atoms with Crippen LogP contribution in [0.25, 0.3) is 10.1 Å². The molecule has 0 spiro atoms. The molecule has 21 heavy (non-hydrogen) atoms. The molecule has 0 aliphatic carbocycles. The summed E-state index contributed by atoms with van der Waals surface area (Å²) in [4.78, 5) is 1.25. The second-order valence-corrected chi connectivity index (χ2v) is 6.02. The maximum atomic E-state index is 13.4. The summed E-state index contributed by atoms with van der Waals surface area (Å²) in [5.74, 6) is -0.0962. The maximum Gasteiger partial charge on any atom is 0.165 e. The Bertz CT molecular complexity index is 735. The lowest BCUT2D eigenvalue weighted by atomic mass is 10.2. The average molecular weight is 301 g/mol. The normalized spacial score (nSPS) is 12.3. The fourth-order valence-corrected chi connectivity index (χ4v) is 3.35. The first-order valence-corrected chi connectivity index (χ1v) is 7.57. The highest BCUT2D eigenvalue weighted by Crippen LogP contribution is 2.32. The van der Waals surface area contributed by atoms with Crippen molar-refractivity contribution < 1.29 is 9.13 Å². The summed E-state index contributed by atoms with van der Waals surface area (Å²) in [6.07, 6.45) is 0. The van der Waals surface area contributed by atoms with E-state index in [1.807, 2.05) is 12.1 Å². The van der Waals surface area contributed by atoms with Crippen LogP contribution in [0.2, 0.25) is 0 Å². The molecule has 3 rings (SSSR count). The van der Waals surface area contributed by atoms with Gasteiger partial charge >= 0.3 is 0 Å². The van der Waals surface area contributed by atoms with E-state index < -0.39 is 0 Å². The lowest BCUT2D eigenvalue weighted by Crippen LogP contribution is -2.05. The van der Waals surface area contributed by atoms with Gasteiger partial charge in [-0.2, -0.15) is 0 Å². The third-order valence-corrected chi connectivity index (χ3v) is 4.70. The summed E-state index contributed by atoms with van der Waals surface area (Å²) < 4.78 is 19.7. The smallest absolute Gasteiger partial charge is 0.165 e. The summed E-state index contributed by atoms with van der Waals surface area (Å²) in [6, 6.07) is 15.5. The molecule has 2 nitrogen and oxygen atoms in total. The molecule has 1 N–H and O–H groups in total. The van der Waals surface area contributed by atoms with E-state index in [0.717, 1.165) is 5.69 Å². The molecule has 0 saturated heterocycles. The summed E-state index contributed by atoms with van der Waals surface area (Å²) >= 11 is 1.77. The molecule has 108 valence electrons. The SMILES string of the molecule is COc1cc(NC(C)c2cc3ccccc3s2)ccc1F. The van der Waals surface area contributed by atoms with Crippen LogP contribution in [0, 0.1) is 5.82 Å². The summed E-state index contributed by atoms with van der Waals surface area (Å²) in [6.45, 7) is 2.10. The number of ether oxygens (including phenoxy) is 1. The Kier molecular flexibility index (Phi) is 3.80. The maximum absolute atomic E-state index is 13.4. The zero-order chi connectivity index (χ0) is 14.8. The number of anilines is 1. The summed E-state index contributed by atoms with van der Waals surface area (Å²) in [7, 11) is 1.47. The molecule has 3 aromatic rings. The number of hydrogen-bond acceptors (Lipinski definition) is 3. The highest BCUT2D eigenvalue weighted by molar-refractivity contribution is 7.19. The molecule has 1 heterocycles. The Morgan fingerprint density at radius 3 is 2.71 bits per heavy atom. The van der Waals surface area contributed by atoms with E-state index in [9.17, 15) is 4.39 Å². The summed E-state index contributed by atoms with van der Waals surface area (Å²) in [5.41, 5.74) is 0.846. The third-order valence-electron chi connectivity index (χ3n) is 3.41. The van der Waals surface area contributed by atoms with Gasteiger partial charge in [0, 0.05) is 21.3 Å². The Balaban J connectivity index is 1.83. The monoisotopic (exact) mass is 301 g/mol. The molecule has 0 radical (unpaired) electrons. The standard InChI is InChI=1S/C17H16FNOS/c1-11(17-9-12-5-3-4-6-16(12)21-17)19-13-7-8-14(18)15(10-13)20-2/h3-11,19H,1-2H3. The van der Waals surface area contributed by atoms with E-state index in [-0.39, 0.29) is 17.6 Å². The second kappa shape index (κ2) is 5.74. The van der Waals surface area contributed by atoms with Gasteiger partial charge in [-0.1, -0.05) is 18.2 Å². The van der Waals surface area contributed by atoms with Crippen LogP contribution in [0.15, 0.2) is 48.5 Å². The van der Waals surface area contributed by atoms with E-state index >= 15 is 0 Å². The lowest BCUT2D eigenvalue weighted by molar-refractivity contribution is 0.387. The number of hydrogen-bond donors (Lipinski definition) is 1. The number of thiophene rings is 1. The van der Waals surface area contributed by atoms with Gasteiger partial charge in [0.2, 0.25) is 0 Å². The number of rotatable bonds is 4. The minimum absolute atomic E-state index is 0.151. The quantitative estimate of drug-likeness (QED) is 0.713. The van der Waals surface area contributed by atoms with Crippen molar-refractivity contribution in [2.24, 2.45) is 0 Å². The van der Waals surface area contributed by atoms with Crippen molar-refractivity contribution in [3.05, 3.63) is 59.2 Å². The molecule has 0 saturated carbocycles. The fraction of sp³-hybridized carbons (Fsp3) is 0.176. The van der Waals surface area contributed by atoms with Crippen molar-refractivity contribution in [2.45, 2.75) is 13.0 Å². The van der Waals surface area contributed by atoms with Gasteiger partial charge < -0.3 is 10.1 Å². The third kappa shape index (κ3) is 2.85. The Labute approximate surface area is 127 Å². The molecule has 1 atom stereocenters. The number of nitrogens with one attached hydrogen (secondary N) is 1. The second-order valence-electron chi connectivity index (χ2n) is 4.90. The average Bonchev–Trinajstić information content (AvgIpc) is 2.93. The van der Waals surface area contributed by atoms with E-state index in [1.165, 1.54) is 28.1 Å². The van der Waals surface area contributed by atoms with Gasteiger partial charge in [0.1, 0.15) is 0 Å². The molecule has 1 unspecified atom stereocenters. The van der Waals surface area contributed by atoms with Gasteiger partial charge in [0.25, 0.3) is 0 Å². The van der Waals surface area contributed by atoms with Crippen LogP contribution in [0.4, 0.5) is 10.1 Å². The van der Waals surface area contributed by atoms with Crippen molar-refractivity contribution in [1.82, 2.24) is 0 Å². The number of halogens is 1. The molecule has 2 aromatic carbocycles. The van der Waals surface area contributed by atoms with Crippen LogP contribution < -0.4 is 10.1 Å². The van der Waals surface area contributed by atoms with Gasteiger partial charge in [-0.15, -0.1) is 11.3 Å². The van der Waals surface area contributed by atoms with Crippen LogP contribution >= 0.6 is 11.3 Å². The van der Waals surface area contributed by atoms with Crippen molar-refractivity contribution in [3.8, 4) is 5.75 Å². The minimum atomic E-state index is -0.349. The first-order valence-electron chi connectivity index (χ1n) is 6.76. The van der Waals surface area contributed by atoms with Crippen LogP contribution in [-0.4, -0.2) is 7.11 Å². The Hall–Kier alpha value is -2.07. The fourth-order valence-electron chi connectivity index (χ4n) is 2.29. The van der Waals surface area contributed by atoms with Crippen LogP contribution in [0.1, 0.15) is 17.8 Å². The molecule has 1 aromatic heterocycles. The lowest BCUT2D eigenvalue weighted by Gasteiger charge is -2.14. The van der Waals surface area contributed by atoms with E-state index in [4.69, 9.17) is 4.74 Å². The van der Waals surface area contributed by atoms with Crippen molar-refractivity contribution in [2.75, 3.05) is 12.4 Å². The van der Waals surface area contributed by atoms with Gasteiger partial charge in [-0.3, -0.25) is 0 Å². The Morgan fingerprint density at radius 2 is 1.95 bits per heavy atom. The number of fused-ring (bicyclic) bond motifs is 1. The van der Waals surface area contributed by atoms with Gasteiger partial charge in [0.15, 0.2) is 11.6 Å². The molecule has 0 fully saturated rings. The van der Waals surface area contributed by atoms with Gasteiger partial charge in [-0.25, -0.2) is 4.39 Å². The Morgan fingerprint density at radius 1 is 1.14 bits per heavy atom. The number of methoxy groups -OCH3 is 1. The van der Waals surface area contributed by atoms with Crippen molar-refractivity contribution in [1.29, 1.82) is 0 Å². The first kappa shape index (κ1) is 13.9. The predicted molar refractivity (Wildman–Crippen MR) is 86.8 cm³/mol. The molecule has 4 heteroatoms. The minimum Gasteiger partial charge on any atom is -0.494 e. The molecule has 0 amide bonds. The molecular weight excluding hydrogens is 285 g/mol. The first-order chi connectivity index (χ1) is 10.2. The van der Waals surface area contributed by atoms with Gasteiger partial charge in [-0.05, 0) is 36.6 Å². The molecule has 0 aliphatic rings. The van der Waals surface area contributed by atoms with E-state index in [1.54, 1.807) is 23.5 Å². The van der Waals surface area contributed by atoms with Crippen molar-refractivity contribution >= 4 is 27.1 Å². The zero-order valence-electron chi connectivity index (χ0n) is 11.9. The van der Waals surface area contributed by atoms with E-state index in [2.05, 4.69) is 30.4 Å². The largest absolute Gasteiger partial charge is 0.494 e. The van der Waals surface area contributed by atoms with E-state index in [0.29, 0.717) is 0 Å². The number of benzene rings is 2. The highest BCUT2D eigenvalue weighted by Gasteiger charge is 2.11. The predicted octanol–water partition coefficient (Wildman–Crippen LogP) is 5.22. The zero-order valence-corrected chi connectivity index (χ0v) is 12.7. The van der Waals surface area contributed by atoms with Gasteiger partial charge in [0.05, 0.1) is 13.2 Å². The highest BCUT2D eigenvalue weighted by atomic mass is 32.1. The van der Waals surface area contributed by atoms with Crippen LogP contribution in [-0.2, 0) is 0 Å². The van der Waals surface area contributed by atoms with Crippen LogP contribution in [0.3, 0.4) is 0 Å². The molecular formula is C17H16FNOS. The topological polar surface area (TPSA) is 21.3 Å². The molecule has 0 bridgehead atoms. The summed E-state index contributed by atoms with van der Waals surface area (Å²) in [5, 5.41) is 4.64. The van der Waals surface area contributed by atoms with Crippen LogP contribution in [0.5, 0.6) is 5.75 Å². The molecule has 0 aliphatic heterocycles. The van der Waals surface area contributed by atoms with Crippen molar-refractivity contribution in [3.63, 3.8) is 0 Å².